The van der Waals surface area contributed by atoms with Crippen molar-refractivity contribution in [2.24, 2.45) is 0 Å². The van der Waals surface area contributed by atoms with Crippen LogP contribution in [0.25, 0.3) is 0 Å². The van der Waals surface area contributed by atoms with Crippen LogP contribution in [-0.2, 0) is 4.79 Å². The summed E-state index contributed by atoms with van der Waals surface area (Å²) in [5.41, 5.74) is 5.85. The van der Waals surface area contributed by atoms with Gasteiger partial charge in [0.25, 0.3) is 0 Å². The fourth-order valence-electron chi connectivity index (χ4n) is 0.463. The number of benzene rings is 1. The maximum absolute atomic E-state index is 12.0. The van der Waals surface area contributed by atoms with E-state index in [-0.39, 0.29) is 5.82 Å². The van der Waals surface area contributed by atoms with E-state index in [1.54, 1.807) is 0 Å². The Morgan fingerprint density at radius 1 is 1.36 bits per heavy atom. The third-order valence-corrected chi connectivity index (χ3v) is 0.870. The predicted octanol–water partition coefficient (Wildman–Crippen LogP) is 1.61. The van der Waals surface area contributed by atoms with Gasteiger partial charge in [0.15, 0.2) is 0 Å². The standard InChI is InChI=1S/C6H6FN.C2H4O/c7-5-1-3-6(8)4-2-5;1-2-3/h1-4H,8H2;2H,1H3. The van der Waals surface area contributed by atoms with E-state index in [2.05, 4.69) is 0 Å². The summed E-state index contributed by atoms with van der Waals surface area (Å²) in [5.74, 6) is -0.251. The Labute approximate surface area is 64.8 Å². The lowest BCUT2D eigenvalue weighted by Gasteiger charge is -1.87. The largest absolute Gasteiger partial charge is 0.399 e. The number of anilines is 1. The van der Waals surface area contributed by atoms with Crippen LogP contribution in [-0.4, -0.2) is 6.29 Å². The van der Waals surface area contributed by atoms with Crippen molar-refractivity contribution in [3.63, 3.8) is 0 Å². The van der Waals surface area contributed by atoms with E-state index < -0.39 is 0 Å². The monoisotopic (exact) mass is 155 g/mol. The van der Waals surface area contributed by atoms with Gasteiger partial charge in [0, 0.05) is 5.69 Å². The number of aldehydes is 1. The molecule has 0 radical (unpaired) electrons. The van der Waals surface area contributed by atoms with Crippen molar-refractivity contribution in [3.8, 4) is 0 Å². The van der Waals surface area contributed by atoms with Crippen LogP contribution in [0.2, 0.25) is 0 Å². The normalized spacial score (nSPS) is 7.82. The average molecular weight is 155 g/mol. The Balaban J connectivity index is 0.000000292. The minimum atomic E-state index is -0.251. The van der Waals surface area contributed by atoms with Crippen molar-refractivity contribution in [1.82, 2.24) is 0 Å². The predicted molar refractivity (Wildman–Crippen MR) is 42.6 cm³/mol. The second-order valence-corrected chi connectivity index (χ2v) is 1.79. The highest BCUT2D eigenvalue weighted by molar-refractivity contribution is 5.44. The zero-order chi connectivity index (χ0) is 8.69. The molecule has 0 atom stereocenters. The van der Waals surface area contributed by atoms with Crippen LogP contribution in [0.15, 0.2) is 24.3 Å². The summed E-state index contributed by atoms with van der Waals surface area (Å²) >= 11 is 0. The molecule has 0 aliphatic rings. The molecule has 0 unspecified atom stereocenters. The first-order valence-corrected chi connectivity index (χ1v) is 3.11. The second kappa shape index (κ2) is 5.41. The number of nitrogen functional groups attached to an aromatic ring is 1. The molecule has 11 heavy (non-hydrogen) atoms. The summed E-state index contributed by atoms with van der Waals surface area (Å²) < 4.78 is 12.0. The first-order valence-electron chi connectivity index (χ1n) is 3.11. The summed E-state index contributed by atoms with van der Waals surface area (Å²) in [4.78, 5) is 8.81. The summed E-state index contributed by atoms with van der Waals surface area (Å²) in [6.07, 6.45) is 0.750. The highest BCUT2D eigenvalue weighted by atomic mass is 19.1. The van der Waals surface area contributed by atoms with Crippen molar-refractivity contribution in [3.05, 3.63) is 30.1 Å². The van der Waals surface area contributed by atoms with Gasteiger partial charge >= 0.3 is 0 Å². The van der Waals surface area contributed by atoms with Gasteiger partial charge in [-0.15, -0.1) is 0 Å². The fourth-order valence-corrected chi connectivity index (χ4v) is 0.463. The first kappa shape index (κ1) is 9.62. The van der Waals surface area contributed by atoms with Crippen molar-refractivity contribution < 1.29 is 9.18 Å². The molecule has 0 aliphatic carbocycles. The molecule has 0 saturated carbocycles. The quantitative estimate of drug-likeness (QED) is 0.457. The van der Waals surface area contributed by atoms with Gasteiger partial charge in [0.05, 0.1) is 0 Å². The van der Waals surface area contributed by atoms with E-state index in [9.17, 15) is 4.39 Å². The minimum absolute atomic E-state index is 0.251. The van der Waals surface area contributed by atoms with E-state index in [4.69, 9.17) is 10.5 Å². The molecule has 0 amide bonds. The summed E-state index contributed by atoms with van der Waals surface area (Å²) in [5, 5.41) is 0. The van der Waals surface area contributed by atoms with Crippen LogP contribution in [0.3, 0.4) is 0 Å². The van der Waals surface area contributed by atoms with E-state index in [1.165, 1.54) is 31.2 Å². The molecule has 1 aromatic rings. The highest BCUT2D eigenvalue weighted by Gasteiger charge is 1.83. The molecule has 3 heteroatoms. The molecule has 0 heterocycles. The number of carbonyl (C=O) groups is 1. The molecular formula is C8H10FNO. The number of hydrogen-bond acceptors (Lipinski definition) is 2. The number of nitrogens with two attached hydrogens (primary N) is 1. The third-order valence-electron chi connectivity index (χ3n) is 0.870. The first-order chi connectivity index (χ1) is 5.20. The summed E-state index contributed by atoms with van der Waals surface area (Å²) in [6.45, 7) is 1.44. The molecule has 0 bridgehead atoms. The fraction of sp³-hybridized carbons (Fsp3) is 0.125. The summed E-state index contributed by atoms with van der Waals surface area (Å²) in [6, 6.07) is 5.70. The Kier molecular flexibility index (Phi) is 4.73. The van der Waals surface area contributed by atoms with E-state index in [0.717, 1.165) is 6.29 Å². The van der Waals surface area contributed by atoms with Crippen molar-refractivity contribution in [1.29, 1.82) is 0 Å². The SMILES string of the molecule is CC=O.Nc1ccc(F)cc1. The number of carbonyl (C=O) groups excluding carboxylic acids is 1. The Bertz CT molecular complexity index is 187. The number of hydrogen-bond donors (Lipinski definition) is 1. The Morgan fingerprint density at radius 3 is 2.00 bits per heavy atom. The van der Waals surface area contributed by atoms with Gasteiger partial charge in [0.2, 0.25) is 0 Å². The molecule has 2 N–H and O–H groups in total. The van der Waals surface area contributed by atoms with Gasteiger partial charge in [-0.25, -0.2) is 4.39 Å². The number of halogens is 1. The van der Waals surface area contributed by atoms with Gasteiger partial charge in [-0.1, -0.05) is 0 Å². The molecule has 0 fully saturated rings. The molecule has 0 saturated heterocycles. The second-order valence-electron chi connectivity index (χ2n) is 1.79. The van der Waals surface area contributed by atoms with Crippen LogP contribution in [0.5, 0.6) is 0 Å². The van der Waals surface area contributed by atoms with Gasteiger partial charge < -0.3 is 10.5 Å². The lowest BCUT2D eigenvalue weighted by molar-refractivity contribution is -0.106. The van der Waals surface area contributed by atoms with E-state index in [0.29, 0.717) is 5.69 Å². The Morgan fingerprint density at radius 2 is 1.73 bits per heavy atom. The van der Waals surface area contributed by atoms with Crippen LogP contribution < -0.4 is 5.73 Å². The molecular weight excluding hydrogens is 145 g/mol. The number of rotatable bonds is 0. The highest BCUT2D eigenvalue weighted by Crippen LogP contribution is 2.01. The Hall–Kier alpha value is -1.38. The van der Waals surface area contributed by atoms with Gasteiger partial charge in [-0.3, -0.25) is 0 Å². The van der Waals surface area contributed by atoms with E-state index in [1.807, 2.05) is 0 Å². The van der Waals surface area contributed by atoms with Crippen LogP contribution in [0.4, 0.5) is 10.1 Å². The van der Waals surface area contributed by atoms with Crippen LogP contribution in [0, 0.1) is 5.82 Å². The van der Waals surface area contributed by atoms with Crippen LogP contribution >= 0.6 is 0 Å². The lowest BCUT2D eigenvalue weighted by Crippen LogP contribution is -1.82. The van der Waals surface area contributed by atoms with Gasteiger partial charge in [-0.2, -0.15) is 0 Å². The molecule has 1 aromatic carbocycles. The molecule has 2 nitrogen and oxygen atoms in total. The summed E-state index contributed by atoms with van der Waals surface area (Å²) in [7, 11) is 0. The van der Waals surface area contributed by atoms with Crippen molar-refractivity contribution >= 4 is 12.0 Å². The molecule has 60 valence electrons. The van der Waals surface area contributed by atoms with Gasteiger partial charge in [-0.05, 0) is 31.2 Å². The third kappa shape index (κ3) is 5.08. The molecule has 1 rings (SSSR count). The minimum Gasteiger partial charge on any atom is -0.399 e. The maximum Gasteiger partial charge on any atom is 0.123 e. The van der Waals surface area contributed by atoms with E-state index >= 15 is 0 Å². The van der Waals surface area contributed by atoms with Crippen LogP contribution in [0.1, 0.15) is 6.92 Å². The van der Waals surface area contributed by atoms with Crippen molar-refractivity contribution in [2.45, 2.75) is 6.92 Å². The topological polar surface area (TPSA) is 43.1 Å². The van der Waals surface area contributed by atoms with Gasteiger partial charge in [0.1, 0.15) is 12.1 Å². The molecule has 0 aliphatic heterocycles. The van der Waals surface area contributed by atoms with Crippen molar-refractivity contribution in [2.75, 3.05) is 5.73 Å². The smallest absolute Gasteiger partial charge is 0.123 e. The maximum atomic E-state index is 12.0. The molecule has 0 spiro atoms. The molecule has 0 aromatic heterocycles. The zero-order valence-electron chi connectivity index (χ0n) is 6.25. The lowest BCUT2D eigenvalue weighted by atomic mass is 10.3. The average Bonchev–Trinajstić information content (AvgIpc) is 1.97. The zero-order valence-corrected chi connectivity index (χ0v) is 6.25.